The third kappa shape index (κ3) is 2.91. The van der Waals surface area contributed by atoms with E-state index in [1.807, 2.05) is 7.05 Å². The van der Waals surface area contributed by atoms with Crippen molar-refractivity contribution in [2.45, 2.75) is 32.0 Å². The van der Waals surface area contributed by atoms with Gasteiger partial charge in [-0.1, -0.05) is 0 Å². The maximum absolute atomic E-state index is 12.3. The van der Waals surface area contributed by atoms with Crippen molar-refractivity contribution in [3.8, 4) is 0 Å². The molecule has 2 heterocycles. The molecule has 1 aliphatic rings. The van der Waals surface area contributed by atoms with Crippen LogP contribution in [0.15, 0.2) is 11.4 Å². The van der Waals surface area contributed by atoms with Crippen molar-refractivity contribution in [3.63, 3.8) is 0 Å². The lowest BCUT2D eigenvalue weighted by Gasteiger charge is -2.21. The van der Waals surface area contributed by atoms with Gasteiger partial charge in [0.25, 0.3) is 0 Å². The molecule has 0 spiro atoms. The van der Waals surface area contributed by atoms with Crippen LogP contribution >= 0.6 is 11.3 Å². The number of likely N-dealkylation sites (N-methyl/N-ethyl adjacent to an activating group) is 1. The van der Waals surface area contributed by atoms with Gasteiger partial charge in [-0.25, -0.2) is 0 Å². The fourth-order valence-electron chi connectivity index (χ4n) is 2.20. The fourth-order valence-corrected chi connectivity index (χ4v) is 3.15. The maximum Gasteiger partial charge on any atom is 0.239 e. The van der Waals surface area contributed by atoms with Crippen molar-refractivity contribution >= 4 is 17.2 Å². The van der Waals surface area contributed by atoms with E-state index in [-0.39, 0.29) is 18.1 Å². The normalized spacial score (nSPS) is 23.3. The Morgan fingerprint density at radius 3 is 3.00 bits per heavy atom. The molecular formula is C13H20N2O2S. The number of carbonyl (C=O) groups is 1. The third-order valence-electron chi connectivity index (χ3n) is 3.45. The van der Waals surface area contributed by atoms with Crippen molar-refractivity contribution in [2.24, 2.45) is 0 Å². The van der Waals surface area contributed by atoms with E-state index in [4.69, 9.17) is 4.74 Å². The Labute approximate surface area is 112 Å². The summed E-state index contributed by atoms with van der Waals surface area (Å²) in [6.07, 6.45) is 0.930. The number of aryl methyl sites for hydroxylation is 1. The molecule has 1 fully saturated rings. The number of hydrogen-bond acceptors (Lipinski definition) is 4. The minimum Gasteiger partial charge on any atom is -0.380 e. The summed E-state index contributed by atoms with van der Waals surface area (Å²) in [5.41, 5.74) is 1.26. The third-order valence-corrected chi connectivity index (χ3v) is 4.45. The topological polar surface area (TPSA) is 41.6 Å². The second kappa shape index (κ2) is 5.82. The number of methoxy groups -OCH3 is 1. The highest BCUT2D eigenvalue weighted by Gasteiger charge is 2.31. The van der Waals surface area contributed by atoms with Crippen LogP contribution < -0.4 is 5.32 Å². The first-order chi connectivity index (χ1) is 8.61. The Hall–Kier alpha value is -0.910. The Bertz CT molecular complexity index is 419. The predicted octanol–water partition coefficient (Wildman–Crippen LogP) is 1.39. The molecule has 1 saturated heterocycles. The Morgan fingerprint density at radius 1 is 1.67 bits per heavy atom. The molecule has 1 aromatic rings. The summed E-state index contributed by atoms with van der Waals surface area (Å²) in [6.45, 7) is 3.54. The van der Waals surface area contributed by atoms with Gasteiger partial charge in [0.2, 0.25) is 5.91 Å². The number of amides is 1. The summed E-state index contributed by atoms with van der Waals surface area (Å²) in [5.74, 6) is 0.155. The molecule has 0 radical (unpaired) electrons. The second-order valence-electron chi connectivity index (χ2n) is 4.78. The van der Waals surface area contributed by atoms with E-state index in [2.05, 4.69) is 23.7 Å². The number of hydrogen-bond donors (Lipinski definition) is 1. The van der Waals surface area contributed by atoms with Crippen molar-refractivity contribution in [1.29, 1.82) is 0 Å². The SMILES string of the molecule is COC1CNC(C(=O)N(C)Cc2sccc2C)C1. The van der Waals surface area contributed by atoms with Crippen LogP contribution in [-0.4, -0.2) is 43.7 Å². The van der Waals surface area contributed by atoms with Gasteiger partial charge in [-0.05, 0) is 30.4 Å². The zero-order chi connectivity index (χ0) is 13.1. The Kier molecular flexibility index (Phi) is 4.37. The monoisotopic (exact) mass is 268 g/mol. The number of thiophene rings is 1. The van der Waals surface area contributed by atoms with Gasteiger partial charge >= 0.3 is 0 Å². The number of rotatable bonds is 4. The molecule has 18 heavy (non-hydrogen) atoms. The number of carbonyl (C=O) groups excluding carboxylic acids is 1. The Morgan fingerprint density at radius 2 is 2.44 bits per heavy atom. The van der Waals surface area contributed by atoms with Gasteiger partial charge in [0.1, 0.15) is 0 Å². The molecule has 1 N–H and O–H groups in total. The highest BCUT2D eigenvalue weighted by atomic mass is 32.1. The second-order valence-corrected chi connectivity index (χ2v) is 5.78. The fraction of sp³-hybridized carbons (Fsp3) is 0.615. The molecule has 1 amide bonds. The summed E-state index contributed by atoms with van der Waals surface area (Å²) in [7, 11) is 3.56. The largest absolute Gasteiger partial charge is 0.380 e. The van der Waals surface area contributed by atoms with Gasteiger partial charge in [-0.3, -0.25) is 4.79 Å². The van der Waals surface area contributed by atoms with Gasteiger partial charge in [0.05, 0.1) is 18.7 Å². The van der Waals surface area contributed by atoms with Gasteiger partial charge in [-0.2, -0.15) is 0 Å². The summed E-state index contributed by atoms with van der Waals surface area (Å²) in [4.78, 5) is 15.3. The predicted molar refractivity (Wildman–Crippen MR) is 72.7 cm³/mol. The molecule has 2 unspecified atom stereocenters. The van der Waals surface area contributed by atoms with E-state index in [1.54, 1.807) is 23.3 Å². The molecule has 0 saturated carbocycles. The lowest BCUT2D eigenvalue weighted by molar-refractivity contribution is -0.132. The standard InChI is InChI=1S/C13H20N2O2S/c1-9-4-5-18-12(9)8-15(2)13(16)11-6-10(17-3)7-14-11/h4-5,10-11,14H,6-8H2,1-3H3. The van der Waals surface area contributed by atoms with Crippen molar-refractivity contribution in [3.05, 3.63) is 21.9 Å². The average Bonchev–Trinajstić information content (AvgIpc) is 2.98. The minimum absolute atomic E-state index is 0.0970. The van der Waals surface area contributed by atoms with E-state index < -0.39 is 0 Å². The zero-order valence-corrected chi connectivity index (χ0v) is 11.9. The summed E-state index contributed by atoms with van der Waals surface area (Å²) < 4.78 is 5.27. The summed E-state index contributed by atoms with van der Waals surface area (Å²) in [6, 6.07) is 1.99. The van der Waals surface area contributed by atoms with E-state index in [9.17, 15) is 4.79 Å². The molecule has 1 aromatic heterocycles. The smallest absolute Gasteiger partial charge is 0.239 e. The van der Waals surface area contributed by atoms with E-state index in [0.29, 0.717) is 6.54 Å². The van der Waals surface area contributed by atoms with E-state index >= 15 is 0 Å². The maximum atomic E-state index is 12.3. The average molecular weight is 268 g/mol. The first-order valence-electron chi connectivity index (χ1n) is 6.16. The first-order valence-corrected chi connectivity index (χ1v) is 7.04. The molecule has 100 valence electrons. The van der Waals surface area contributed by atoms with Gasteiger partial charge < -0.3 is 15.0 Å². The van der Waals surface area contributed by atoms with Crippen LogP contribution in [0.1, 0.15) is 16.9 Å². The highest BCUT2D eigenvalue weighted by Crippen LogP contribution is 2.19. The van der Waals surface area contributed by atoms with Crippen molar-refractivity contribution in [1.82, 2.24) is 10.2 Å². The van der Waals surface area contributed by atoms with Crippen LogP contribution in [0.5, 0.6) is 0 Å². The quantitative estimate of drug-likeness (QED) is 0.897. The van der Waals surface area contributed by atoms with Crippen molar-refractivity contribution in [2.75, 3.05) is 20.7 Å². The number of ether oxygens (including phenoxy) is 1. The van der Waals surface area contributed by atoms with Crippen LogP contribution in [0.3, 0.4) is 0 Å². The molecule has 0 aliphatic carbocycles. The van der Waals surface area contributed by atoms with Crippen LogP contribution in [0, 0.1) is 6.92 Å². The van der Waals surface area contributed by atoms with Gasteiger partial charge in [0.15, 0.2) is 0 Å². The van der Waals surface area contributed by atoms with Gasteiger partial charge in [-0.15, -0.1) is 11.3 Å². The number of nitrogens with one attached hydrogen (secondary N) is 1. The first kappa shape index (κ1) is 13.5. The van der Waals surface area contributed by atoms with Crippen LogP contribution in [0.25, 0.3) is 0 Å². The summed E-state index contributed by atoms with van der Waals surface area (Å²) >= 11 is 1.70. The van der Waals surface area contributed by atoms with Crippen LogP contribution in [0.4, 0.5) is 0 Å². The zero-order valence-electron chi connectivity index (χ0n) is 11.1. The van der Waals surface area contributed by atoms with Crippen LogP contribution in [0.2, 0.25) is 0 Å². The van der Waals surface area contributed by atoms with E-state index in [1.165, 1.54) is 10.4 Å². The van der Waals surface area contributed by atoms with Crippen LogP contribution in [-0.2, 0) is 16.1 Å². The molecule has 0 bridgehead atoms. The Balaban J connectivity index is 1.91. The summed E-state index contributed by atoms with van der Waals surface area (Å²) in [5, 5.41) is 5.29. The molecule has 0 aromatic carbocycles. The lowest BCUT2D eigenvalue weighted by Crippen LogP contribution is -2.41. The highest BCUT2D eigenvalue weighted by molar-refractivity contribution is 7.10. The molecule has 1 aliphatic heterocycles. The van der Waals surface area contributed by atoms with E-state index in [0.717, 1.165) is 13.0 Å². The van der Waals surface area contributed by atoms with Crippen molar-refractivity contribution < 1.29 is 9.53 Å². The number of nitrogens with zero attached hydrogens (tertiary/aromatic N) is 1. The molecule has 2 atom stereocenters. The molecule has 5 heteroatoms. The van der Waals surface area contributed by atoms with Gasteiger partial charge in [0, 0.05) is 25.6 Å². The molecule has 2 rings (SSSR count). The molecular weight excluding hydrogens is 248 g/mol. The molecule has 4 nitrogen and oxygen atoms in total. The lowest BCUT2D eigenvalue weighted by atomic mass is 10.1. The minimum atomic E-state index is -0.0970.